The van der Waals surface area contributed by atoms with Crippen LogP contribution < -0.4 is 4.72 Å². The molecule has 1 atom stereocenters. The van der Waals surface area contributed by atoms with E-state index in [9.17, 15) is 8.42 Å². The van der Waals surface area contributed by atoms with Crippen LogP contribution in [-0.4, -0.2) is 14.5 Å². The van der Waals surface area contributed by atoms with Crippen molar-refractivity contribution >= 4 is 10.0 Å². The summed E-state index contributed by atoms with van der Waals surface area (Å²) < 4.78 is 28.1. The van der Waals surface area contributed by atoms with Crippen molar-refractivity contribution < 1.29 is 8.42 Å². The van der Waals surface area contributed by atoms with Gasteiger partial charge in [0.15, 0.2) is 0 Å². The van der Waals surface area contributed by atoms with Crippen molar-refractivity contribution in [2.45, 2.75) is 45.1 Å². The first-order valence-corrected chi connectivity index (χ1v) is 8.92. The minimum Gasteiger partial charge on any atom is -0.208 e. The summed E-state index contributed by atoms with van der Waals surface area (Å²) in [6, 6.07) is 13.5. The average molecular weight is 317 g/mol. The van der Waals surface area contributed by atoms with Gasteiger partial charge in [0.2, 0.25) is 10.0 Å². The summed E-state index contributed by atoms with van der Waals surface area (Å²) in [6.07, 6.45) is 0.671. The Kier molecular flexibility index (Phi) is 5.04. The predicted molar refractivity (Wildman–Crippen MR) is 90.6 cm³/mol. The summed E-state index contributed by atoms with van der Waals surface area (Å²) in [6.45, 7) is 7.55. The monoisotopic (exact) mass is 317 g/mol. The SMILES string of the molecule is Cc1cc(C)c(S(=O)(=O)NC(C)Cc2ccccc2)c(C)c1. The minimum atomic E-state index is -3.51. The second kappa shape index (κ2) is 6.63. The van der Waals surface area contributed by atoms with Gasteiger partial charge < -0.3 is 0 Å². The smallest absolute Gasteiger partial charge is 0.208 e. The van der Waals surface area contributed by atoms with E-state index in [0.717, 1.165) is 22.3 Å². The standard InChI is InChI=1S/C18H23NO2S/c1-13-10-14(2)18(15(3)11-13)22(20,21)19-16(4)12-17-8-6-5-7-9-17/h5-11,16,19H,12H2,1-4H3. The third-order valence-electron chi connectivity index (χ3n) is 3.61. The van der Waals surface area contributed by atoms with E-state index in [1.165, 1.54) is 0 Å². The van der Waals surface area contributed by atoms with Gasteiger partial charge in [0, 0.05) is 6.04 Å². The summed E-state index contributed by atoms with van der Waals surface area (Å²) >= 11 is 0. The zero-order valence-electron chi connectivity index (χ0n) is 13.6. The quantitative estimate of drug-likeness (QED) is 0.917. The van der Waals surface area contributed by atoms with E-state index < -0.39 is 10.0 Å². The number of benzene rings is 2. The molecule has 0 heterocycles. The van der Waals surface area contributed by atoms with Crippen LogP contribution in [0.2, 0.25) is 0 Å². The van der Waals surface area contributed by atoms with Crippen molar-refractivity contribution in [2.75, 3.05) is 0 Å². The van der Waals surface area contributed by atoms with Gasteiger partial charge in [-0.3, -0.25) is 0 Å². The third kappa shape index (κ3) is 3.96. The lowest BCUT2D eigenvalue weighted by Crippen LogP contribution is -2.34. The highest BCUT2D eigenvalue weighted by Gasteiger charge is 2.22. The van der Waals surface area contributed by atoms with E-state index in [-0.39, 0.29) is 6.04 Å². The lowest BCUT2D eigenvalue weighted by Gasteiger charge is -2.17. The van der Waals surface area contributed by atoms with Crippen LogP contribution in [-0.2, 0) is 16.4 Å². The number of nitrogens with one attached hydrogen (secondary N) is 1. The largest absolute Gasteiger partial charge is 0.241 e. The van der Waals surface area contributed by atoms with Crippen LogP contribution in [0.3, 0.4) is 0 Å². The molecule has 0 fully saturated rings. The molecule has 2 rings (SSSR count). The maximum absolute atomic E-state index is 12.7. The number of rotatable bonds is 5. The summed E-state index contributed by atoms with van der Waals surface area (Å²) in [5.41, 5.74) is 3.77. The Morgan fingerprint density at radius 2 is 1.55 bits per heavy atom. The zero-order chi connectivity index (χ0) is 16.3. The Labute approximate surface area is 133 Å². The van der Waals surface area contributed by atoms with Crippen LogP contribution >= 0.6 is 0 Å². The minimum absolute atomic E-state index is 0.160. The summed E-state index contributed by atoms with van der Waals surface area (Å²) in [4.78, 5) is 0.401. The van der Waals surface area contributed by atoms with Gasteiger partial charge in [-0.2, -0.15) is 0 Å². The van der Waals surface area contributed by atoms with E-state index in [4.69, 9.17) is 0 Å². The van der Waals surface area contributed by atoms with Crippen LogP contribution in [0.15, 0.2) is 47.4 Å². The molecule has 0 saturated carbocycles. The molecule has 0 aliphatic carbocycles. The first-order chi connectivity index (χ1) is 10.3. The Morgan fingerprint density at radius 3 is 2.09 bits per heavy atom. The van der Waals surface area contributed by atoms with Crippen molar-refractivity contribution in [2.24, 2.45) is 0 Å². The lowest BCUT2D eigenvalue weighted by molar-refractivity contribution is 0.558. The third-order valence-corrected chi connectivity index (χ3v) is 5.51. The number of hydrogen-bond acceptors (Lipinski definition) is 2. The van der Waals surface area contributed by atoms with Crippen molar-refractivity contribution in [3.05, 3.63) is 64.7 Å². The molecule has 0 spiro atoms. The first-order valence-electron chi connectivity index (χ1n) is 7.43. The Hall–Kier alpha value is -1.65. The molecule has 0 amide bonds. The first kappa shape index (κ1) is 16.7. The molecular formula is C18H23NO2S. The van der Waals surface area contributed by atoms with Crippen molar-refractivity contribution in [1.29, 1.82) is 0 Å². The molecule has 0 saturated heterocycles. The van der Waals surface area contributed by atoms with Crippen LogP contribution in [0, 0.1) is 20.8 Å². The van der Waals surface area contributed by atoms with Crippen molar-refractivity contribution in [3.63, 3.8) is 0 Å². The number of hydrogen-bond donors (Lipinski definition) is 1. The van der Waals surface area contributed by atoms with Gasteiger partial charge in [-0.25, -0.2) is 13.1 Å². The fraction of sp³-hybridized carbons (Fsp3) is 0.333. The molecular weight excluding hydrogens is 294 g/mol. The molecule has 1 N–H and O–H groups in total. The average Bonchev–Trinajstić information content (AvgIpc) is 2.36. The lowest BCUT2D eigenvalue weighted by atomic mass is 10.1. The molecule has 0 bridgehead atoms. The van der Waals surface area contributed by atoms with Crippen molar-refractivity contribution in [1.82, 2.24) is 4.72 Å². The topological polar surface area (TPSA) is 46.2 Å². The molecule has 3 nitrogen and oxygen atoms in total. The highest BCUT2D eigenvalue weighted by molar-refractivity contribution is 7.89. The molecule has 1 unspecified atom stereocenters. The van der Waals surface area contributed by atoms with Crippen LogP contribution in [0.25, 0.3) is 0 Å². The predicted octanol–water partition coefficient (Wildman–Crippen LogP) is 3.52. The molecule has 4 heteroatoms. The Bertz CT molecular complexity index is 729. The fourth-order valence-electron chi connectivity index (χ4n) is 2.92. The maximum atomic E-state index is 12.7. The molecule has 2 aromatic rings. The van der Waals surface area contributed by atoms with Crippen LogP contribution in [0.4, 0.5) is 0 Å². The zero-order valence-corrected chi connectivity index (χ0v) is 14.4. The van der Waals surface area contributed by atoms with Gasteiger partial charge in [-0.1, -0.05) is 48.0 Å². The van der Waals surface area contributed by atoms with E-state index in [1.807, 2.05) is 70.2 Å². The van der Waals surface area contributed by atoms with Gasteiger partial charge in [-0.05, 0) is 50.8 Å². The molecule has 118 valence electrons. The number of sulfonamides is 1. The second-order valence-corrected chi connectivity index (χ2v) is 7.59. The van der Waals surface area contributed by atoms with E-state index >= 15 is 0 Å². The van der Waals surface area contributed by atoms with Crippen molar-refractivity contribution in [3.8, 4) is 0 Å². The van der Waals surface area contributed by atoms with E-state index in [0.29, 0.717) is 11.3 Å². The fourth-order valence-corrected chi connectivity index (χ4v) is 4.62. The second-order valence-electron chi connectivity index (χ2n) is 5.94. The normalized spacial score (nSPS) is 13.1. The van der Waals surface area contributed by atoms with Gasteiger partial charge >= 0.3 is 0 Å². The van der Waals surface area contributed by atoms with Crippen LogP contribution in [0.5, 0.6) is 0 Å². The van der Waals surface area contributed by atoms with E-state index in [2.05, 4.69) is 4.72 Å². The molecule has 0 aliphatic heterocycles. The Balaban J connectivity index is 2.21. The van der Waals surface area contributed by atoms with E-state index in [1.54, 1.807) is 0 Å². The molecule has 0 radical (unpaired) electrons. The number of aryl methyl sites for hydroxylation is 3. The van der Waals surface area contributed by atoms with Gasteiger partial charge in [0.05, 0.1) is 4.90 Å². The van der Waals surface area contributed by atoms with Gasteiger partial charge in [0.25, 0.3) is 0 Å². The Morgan fingerprint density at radius 1 is 1.00 bits per heavy atom. The molecule has 0 aromatic heterocycles. The summed E-state index contributed by atoms with van der Waals surface area (Å²) in [5, 5.41) is 0. The van der Waals surface area contributed by atoms with Gasteiger partial charge in [-0.15, -0.1) is 0 Å². The van der Waals surface area contributed by atoms with Gasteiger partial charge in [0.1, 0.15) is 0 Å². The summed E-state index contributed by atoms with van der Waals surface area (Å²) in [7, 11) is -3.51. The van der Waals surface area contributed by atoms with Crippen LogP contribution in [0.1, 0.15) is 29.2 Å². The molecule has 0 aliphatic rings. The highest BCUT2D eigenvalue weighted by Crippen LogP contribution is 2.22. The molecule has 2 aromatic carbocycles. The molecule has 22 heavy (non-hydrogen) atoms. The highest BCUT2D eigenvalue weighted by atomic mass is 32.2. The summed E-state index contributed by atoms with van der Waals surface area (Å²) in [5.74, 6) is 0. The maximum Gasteiger partial charge on any atom is 0.241 e.